The Labute approximate surface area is 128 Å². The largest absolute Gasteiger partial charge is 0.393 e. The average molecular weight is 289 g/mol. The van der Waals surface area contributed by atoms with Crippen LogP contribution in [0, 0.1) is 19.8 Å². The second kappa shape index (κ2) is 6.71. The van der Waals surface area contributed by atoms with E-state index in [1.54, 1.807) is 0 Å². The number of piperidine rings is 1. The van der Waals surface area contributed by atoms with Crippen molar-refractivity contribution in [2.75, 3.05) is 13.1 Å². The van der Waals surface area contributed by atoms with Gasteiger partial charge in [-0.3, -0.25) is 9.69 Å². The maximum absolute atomic E-state index is 12.6. The van der Waals surface area contributed by atoms with Crippen molar-refractivity contribution < 1.29 is 9.90 Å². The predicted molar refractivity (Wildman–Crippen MR) is 85.7 cm³/mol. The topological polar surface area (TPSA) is 40.5 Å². The Morgan fingerprint density at radius 1 is 1.19 bits per heavy atom. The minimum Gasteiger partial charge on any atom is -0.393 e. The number of carbonyl (C=O) groups excluding carboxylic acids is 1. The summed E-state index contributed by atoms with van der Waals surface area (Å²) in [6.07, 6.45) is 1.71. The number of aliphatic hydroxyl groups excluding tert-OH is 1. The third-order valence-electron chi connectivity index (χ3n) is 4.98. The Morgan fingerprint density at radius 3 is 2.33 bits per heavy atom. The number of ketones is 1. The molecule has 0 aliphatic carbocycles. The van der Waals surface area contributed by atoms with E-state index in [2.05, 4.69) is 11.8 Å². The zero-order valence-corrected chi connectivity index (χ0v) is 13.6. The fourth-order valence-electron chi connectivity index (χ4n) is 3.09. The minimum absolute atomic E-state index is 0.0814. The fourth-order valence-corrected chi connectivity index (χ4v) is 3.09. The Morgan fingerprint density at radius 2 is 1.81 bits per heavy atom. The van der Waals surface area contributed by atoms with E-state index in [1.807, 2.05) is 39.0 Å². The summed E-state index contributed by atoms with van der Waals surface area (Å²) in [4.78, 5) is 14.9. The van der Waals surface area contributed by atoms with Crippen molar-refractivity contribution in [3.63, 3.8) is 0 Å². The Hall–Kier alpha value is -1.19. The van der Waals surface area contributed by atoms with Crippen molar-refractivity contribution >= 4 is 5.78 Å². The summed E-state index contributed by atoms with van der Waals surface area (Å²) in [5.41, 5.74) is 3.20. The van der Waals surface area contributed by atoms with Gasteiger partial charge >= 0.3 is 0 Å². The van der Waals surface area contributed by atoms with E-state index in [9.17, 15) is 9.90 Å². The van der Waals surface area contributed by atoms with E-state index in [-0.39, 0.29) is 17.9 Å². The summed E-state index contributed by atoms with van der Waals surface area (Å²) >= 11 is 0. The summed E-state index contributed by atoms with van der Waals surface area (Å²) in [6.45, 7) is 9.77. The molecule has 1 fully saturated rings. The van der Waals surface area contributed by atoms with Crippen LogP contribution in [-0.4, -0.2) is 41.0 Å². The molecule has 0 amide bonds. The van der Waals surface area contributed by atoms with Gasteiger partial charge in [-0.1, -0.05) is 12.1 Å². The molecule has 0 bridgehead atoms. The van der Waals surface area contributed by atoms with Crippen molar-refractivity contribution in [2.45, 2.75) is 52.7 Å². The van der Waals surface area contributed by atoms with E-state index in [1.165, 1.54) is 11.1 Å². The number of nitrogens with zero attached hydrogens (tertiary/aromatic N) is 1. The second-order valence-corrected chi connectivity index (χ2v) is 6.45. The molecule has 2 rings (SSSR count). The number of likely N-dealkylation sites (tertiary alicyclic amines) is 1. The molecule has 0 saturated carbocycles. The predicted octanol–water partition coefficient (Wildman–Crippen LogP) is 2.97. The molecule has 1 aromatic rings. The van der Waals surface area contributed by atoms with E-state index >= 15 is 0 Å². The molecular weight excluding hydrogens is 262 g/mol. The van der Waals surface area contributed by atoms with E-state index in [4.69, 9.17) is 0 Å². The lowest BCUT2D eigenvalue weighted by Gasteiger charge is -2.36. The highest BCUT2D eigenvalue weighted by Gasteiger charge is 2.28. The number of hydrogen-bond donors (Lipinski definition) is 1. The average Bonchev–Trinajstić information content (AvgIpc) is 2.48. The Balaban J connectivity index is 2.01. The second-order valence-electron chi connectivity index (χ2n) is 6.45. The molecule has 116 valence electrons. The summed E-state index contributed by atoms with van der Waals surface area (Å²) in [5, 5.41) is 9.66. The van der Waals surface area contributed by atoms with Gasteiger partial charge in [-0.25, -0.2) is 0 Å². The van der Waals surface area contributed by atoms with E-state index in [0.717, 1.165) is 31.5 Å². The van der Waals surface area contributed by atoms with Gasteiger partial charge < -0.3 is 5.11 Å². The Bertz CT molecular complexity index is 502. The molecule has 0 aromatic heterocycles. The molecule has 2 atom stereocenters. The van der Waals surface area contributed by atoms with Crippen LogP contribution in [0.4, 0.5) is 0 Å². The summed E-state index contributed by atoms with van der Waals surface area (Å²) in [7, 11) is 0. The quantitative estimate of drug-likeness (QED) is 0.866. The molecule has 21 heavy (non-hydrogen) atoms. The zero-order chi connectivity index (χ0) is 15.6. The molecule has 0 radical (unpaired) electrons. The zero-order valence-electron chi connectivity index (χ0n) is 13.6. The first-order valence-electron chi connectivity index (χ1n) is 7.93. The lowest BCUT2D eigenvalue weighted by atomic mass is 9.90. The van der Waals surface area contributed by atoms with Gasteiger partial charge in [-0.2, -0.15) is 0 Å². The molecule has 1 saturated heterocycles. The molecule has 1 aliphatic rings. The van der Waals surface area contributed by atoms with Crippen LogP contribution < -0.4 is 0 Å². The van der Waals surface area contributed by atoms with Gasteiger partial charge in [-0.15, -0.1) is 0 Å². The number of Topliss-reactive ketones (excluding diaryl/α,β-unsaturated/α-hetero) is 1. The van der Waals surface area contributed by atoms with Crippen LogP contribution in [0.1, 0.15) is 48.2 Å². The molecule has 1 aromatic carbocycles. The van der Waals surface area contributed by atoms with Crippen molar-refractivity contribution in [1.82, 2.24) is 4.90 Å². The van der Waals surface area contributed by atoms with E-state index in [0.29, 0.717) is 5.92 Å². The molecule has 0 spiro atoms. The van der Waals surface area contributed by atoms with Crippen molar-refractivity contribution in [1.29, 1.82) is 0 Å². The third kappa shape index (κ3) is 3.72. The van der Waals surface area contributed by atoms with Gasteiger partial charge in [-0.05, 0) is 76.7 Å². The summed E-state index contributed by atoms with van der Waals surface area (Å²) in [6, 6.07) is 5.87. The van der Waals surface area contributed by atoms with Gasteiger partial charge in [0, 0.05) is 5.56 Å². The first kappa shape index (κ1) is 16.2. The lowest BCUT2D eigenvalue weighted by molar-refractivity contribution is 0.0527. The maximum Gasteiger partial charge on any atom is 0.179 e. The van der Waals surface area contributed by atoms with Gasteiger partial charge in [0.05, 0.1) is 12.1 Å². The van der Waals surface area contributed by atoms with Crippen LogP contribution >= 0.6 is 0 Å². The van der Waals surface area contributed by atoms with Crippen LogP contribution in [0.25, 0.3) is 0 Å². The molecule has 1 heterocycles. The van der Waals surface area contributed by atoms with E-state index < -0.39 is 0 Å². The number of carbonyl (C=O) groups is 1. The summed E-state index contributed by atoms with van der Waals surface area (Å²) < 4.78 is 0. The van der Waals surface area contributed by atoms with Gasteiger partial charge in [0.2, 0.25) is 0 Å². The van der Waals surface area contributed by atoms with Gasteiger partial charge in [0.1, 0.15) is 0 Å². The monoisotopic (exact) mass is 289 g/mol. The van der Waals surface area contributed by atoms with Crippen molar-refractivity contribution in [3.05, 3.63) is 34.9 Å². The van der Waals surface area contributed by atoms with Gasteiger partial charge in [0.15, 0.2) is 5.78 Å². The van der Waals surface area contributed by atoms with Gasteiger partial charge in [0.25, 0.3) is 0 Å². The first-order chi connectivity index (χ1) is 9.90. The number of rotatable bonds is 4. The molecule has 2 unspecified atom stereocenters. The Kier molecular flexibility index (Phi) is 5.17. The number of aryl methyl sites for hydroxylation is 2. The lowest BCUT2D eigenvalue weighted by Crippen LogP contribution is -2.45. The molecule has 3 heteroatoms. The molecular formula is C18H27NO2. The highest BCUT2D eigenvalue weighted by molar-refractivity contribution is 6.00. The molecule has 1 N–H and O–H groups in total. The molecule has 3 nitrogen and oxygen atoms in total. The number of aliphatic hydroxyl groups is 1. The normalized spacial score (nSPS) is 20.2. The third-order valence-corrected chi connectivity index (χ3v) is 4.98. The van der Waals surface area contributed by atoms with Crippen molar-refractivity contribution in [2.24, 2.45) is 5.92 Å². The van der Waals surface area contributed by atoms with Crippen LogP contribution in [-0.2, 0) is 0 Å². The smallest absolute Gasteiger partial charge is 0.179 e. The minimum atomic E-state index is -0.238. The standard InChI is InChI=1S/C18H27NO2/c1-12-5-6-17(11-13(12)2)18(21)14(3)19-9-7-16(8-10-19)15(4)20/h5-6,11,14-16,20H,7-10H2,1-4H3. The maximum atomic E-state index is 12.6. The van der Waals surface area contributed by atoms with Crippen LogP contribution in [0.15, 0.2) is 18.2 Å². The first-order valence-corrected chi connectivity index (χ1v) is 7.93. The van der Waals surface area contributed by atoms with Crippen LogP contribution in [0.2, 0.25) is 0 Å². The van der Waals surface area contributed by atoms with Crippen LogP contribution in [0.3, 0.4) is 0 Å². The highest BCUT2D eigenvalue weighted by Crippen LogP contribution is 2.23. The SMILES string of the molecule is Cc1ccc(C(=O)C(C)N2CCC(C(C)O)CC2)cc1C. The fraction of sp³-hybridized carbons (Fsp3) is 0.611. The summed E-state index contributed by atoms with van der Waals surface area (Å²) in [5.74, 6) is 0.582. The highest BCUT2D eigenvalue weighted by atomic mass is 16.3. The number of hydrogen-bond acceptors (Lipinski definition) is 3. The number of benzene rings is 1. The van der Waals surface area contributed by atoms with Crippen molar-refractivity contribution in [3.8, 4) is 0 Å². The van der Waals surface area contributed by atoms with Crippen LogP contribution in [0.5, 0.6) is 0 Å². The molecule has 1 aliphatic heterocycles.